The number of aromatic amines is 1. The van der Waals surface area contributed by atoms with Gasteiger partial charge in [-0.05, 0) is 62.3 Å². The first-order valence-electron chi connectivity index (χ1n) is 12.6. The van der Waals surface area contributed by atoms with E-state index in [0.29, 0.717) is 40.2 Å². The van der Waals surface area contributed by atoms with E-state index >= 15 is 0 Å². The Hall–Kier alpha value is -3.46. The number of H-pyrrole nitrogens is 1. The molecule has 0 saturated carbocycles. The van der Waals surface area contributed by atoms with Crippen LogP contribution >= 0.6 is 23.2 Å². The van der Waals surface area contributed by atoms with Gasteiger partial charge in [-0.15, -0.1) is 0 Å². The van der Waals surface area contributed by atoms with Crippen LogP contribution in [0.15, 0.2) is 60.9 Å². The second-order valence-electron chi connectivity index (χ2n) is 9.72. The number of aromatic nitrogens is 4. The van der Waals surface area contributed by atoms with Gasteiger partial charge in [-0.2, -0.15) is 5.10 Å². The number of nitrogens with one attached hydrogen (secondary N) is 3. The zero-order valence-corrected chi connectivity index (χ0v) is 22.0. The largest absolute Gasteiger partial charge is 0.491 e. The van der Waals surface area contributed by atoms with E-state index in [1.165, 1.54) is 0 Å². The predicted molar refractivity (Wildman–Crippen MR) is 147 cm³/mol. The Bertz CT molecular complexity index is 1470. The van der Waals surface area contributed by atoms with Crippen molar-refractivity contribution in [1.29, 1.82) is 0 Å². The summed E-state index contributed by atoms with van der Waals surface area (Å²) >= 11 is 12.5. The molecule has 38 heavy (non-hydrogen) atoms. The summed E-state index contributed by atoms with van der Waals surface area (Å²) in [7, 11) is 0. The van der Waals surface area contributed by atoms with Gasteiger partial charge in [-0.1, -0.05) is 35.3 Å². The fraction of sp³-hybridized carbons (Fsp3) is 0.286. The minimum absolute atomic E-state index is 0.0326. The molecule has 2 aliphatic heterocycles. The fourth-order valence-electron chi connectivity index (χ4n) is 5.25. The quantitative estimate of drug-likeness (QED) is 0.257. The summed E-state index contributed by atoms with van der Waals surface area (Å²) in [5.41, 5.74) is 2.83. The lowest BCUT2D eigenvalue weighted by atomic mass is 9.86. The number of halogens is 2. The standard InChI is InChI=1S/C28H26Cl2N6O2/c29-20-14-22-19(16-38-25(22)23(30)15-20)13-24(37)18-2-1-3-21(12-18)34-28(6-10-32-11-7-28)27-33-26(35-36-27)17-4-8-31-9-5-17/h1-5,8-9,12,14-15,19,32,34H,6-7,10-11,13,16H2,(H,33,35,36)/t19-/m0/s1. The van der Waals surface area contributed by atoms with Gasteiger partial charge in [0.25, 0.3) is 0 Å². The molecular formula is C28H26Cl2N6O2. The first kappa shape index (κ1) is 24.9. The lowest BCUT2D eigenvalue weighted by molar-refractivity contribution is 0.0969. The van der Waals surface area contributed by atoms with Gasteiger partial charge in [-0.3, -0.25) is 14.9 Å². The number of nitrogens with zero attached hydrogens (tertiary/aromatic N) is 3. The minimum atomic E-state index is -0.447. The molecule has 4 aromatic rings. The molecule has 0 spiro atoms. The van der Waals surface area contributed by atoms with Crippen molar-refractivity contribution in [3.63, 3.8) is 0 Å². The third-order valence-electron chi connectivity index (χ3n) is 7.24. The Morgan fingerprint density at radius 3 is 2.74 bits per heavy atom. The highest BCUT2D eigenvalue weighted by Crippen LogP contribution is 2.43. The van der Waals surface area contributed by atoms with Gasteiger partial charge in [0.05, 0.1) is 17.2 Å². The van der Waals surface area contributed by atoms with Crippen LogP contribution in [0.3, 0.4) is 0 Å². The first-order chi connectivity index (χ1) is 18.5. The summed E-state index contributed by atoms with van der Waals surface area (Å²) in [6, 6.07) is 14.9. The van der Waals surface area contributed by atoms with E-state index in [9.17, 15) is 4.79 Å². The third kappa shape index (κ3) is 4.87. The molecule has 194 valence electrons. The molecule has 0 unspecified atom stereocenters. The van der Waals surface area contributed by atoms with Crippen molar-refractivity contribution in [2.24, 2.45) is 0 Å². The van der Waals surface area contributed by atoms with Gasteiger partial charge >= 0.3 is 0 Å². The number of carbonyl (C=O) groups is 1. The molecule has 8 nitrogen and oxygen atoms in total. The lowest BCUT2D eigenvalue weighted by Crippen LogP contribution is -2.46. The Labute approximate surface area is 230 Å². The van der Waals surface area contributed by atoms with Crippen molar-refractivity contribution in [1.82, 2.24) is 25.5 Å². The molecule has 3 N–H and O–H groups in total. The van der Waals surface area contributed by atoms with E-state index < -0.39 is 5.54 Å². The van der Waals surface area contributed by atoms with Crippen molar-refractivity contribution in [2.75, 3.05) is 25.0 Å². The predicted octanol–water partition coefficient (Wildman–Crippen LogP) is 5.61. The maximum absolute atomic E-state index is 13.3. The van der Waals surface area contributed by atoms with Crippen molar-refractivity contribution in [3.8, 4) is 17.1 Å². The number of piperidine rings is 1. The molecule has 1 atom stereocenters. The number of anilines is 1. The van der Waals surface area contributed by atoms with Gasteiger partial charge < -0.3 is 15.4 Å². The zero-order valence-electron chi connectivity index (χ0n) is 20.5. The monoisotopic (exact) mass is 548 g/mol. The lowest BCUT2D eigenvalue weighted by Gasteiger charge is -2.37. The van der Waals surface area contributed by atoms with Gasteiger partial charge in [-0.25, -0.2) is 4.98 Å². The molecule has 0 bridgehead atoms. The molecule has 4 heterocycles. The van der Waals surface area contributed by atoms with E-state index in [0.717, 1.165) is 48.6 Å². The number of hydrogen-bond donors (Lipinski definition) is 3. The average Bonchev–Trinajstić information content (AvgIpc) is 3.59. The molecular weight excluding hydrogens is 523 g/mol. The number of benzene rings is 2. The number of carbonyl (C=O) groups excluding carboxylic acids is 1. The summed E-state index contributed by atoms with van der Waals surface area (Å²) < 4.78 is 5.77. The Balaban J connectivity index is 1.23. The molecule has 2 aromatic carbocycles. The number of fused-ring (bicyclic) bond motifs is 1. The van der Waals surface area contributed by atoms with Crippen LogP contribution in [0.25, 0.3) is 11.4 Å². The van der Waals surface area contributed by atoms with Crippen LogP contribution in [0, 0.1) is 0 Å². The summed E-state index contributed by atoms with van der Waals surface area (Å²) in [5.74, 6) is 1.96. The Morgan fingerprint density at radius 2 is 1.92 bits per heavy atom. The number of ether oxygens (including phenoxy) is 1. The van der Waals surface area contributed by atoms with Crippen LogP contribution < -0.4 is 15.4 Å². The van der Waals surface area contributed by atoms with E-state index in [2.05, 4.69) is 25.8 Å². The molecule has 1 saturated heterocycles. The number of Topliss-reactive ketones (excluding diaryl/α,β-unsaturated/α-hetero) is 1. The second-order valence-corrected chi connectivity index (χ2v) is 10.6. The molecule has 6 rings (SSSR count). The fourth-order valence-corrected chi connectivity index (χ4v) is 5.81. The van der Waals surface area contributed by atoms with Crippen LogP contribution in [-0.2, 0) is 5.54 Å². The molecule has 1 fully saturated rings. The van der Waals surface area contributed by atoms with Crippen molar-refractivity contribution < 1.29 is 9.53 Å². The second kappa shape index (κ2) is 10.4. The number of rotatable bonds is 7. The van der Waals surface area contributed by atoms with Crippen molar-refractivity contribution in [2.45, 2.75) is 30.7 Å². The van der Waals surface area contributed by atoms with Gasteiger partial charge in [0.1, 0.15) is 5.75 Å². The highest BCUT2D eigenvalue weighted by Gasteiger charge is 2.37. The first-order valence-corrected chi connectivity index (χ1v) is 13.3. The third-order valence-corrected chi connectivity index (χ3v) is 7.74. The number of ketones is 1. The molecule has 2 aliphatic rings. The van der Waals surface area contributed by atoms with Crippen LogP contribution in [0.5, 0.6) is 5.75 Å². The minimum Gasteiger partial charge on any atom is -0.491 e. The van der Waals surface area contributed by atoms with Crippen LogP contribution in [0.4, 0.5) is 5.69 Å². The van der Waals surface area contributed by atoms with Crippen molar-refractivity contribution in [3.05, 3.63) is 87.9 Å². The number of pyridine rings is 1. The summed E-state index contributed by atoms with van der Waals surface area (Å²) in [4.78, 5) is 22.3. The Morgan fingerprint density at radius 1 is 1.11 bits per heavy atom. The van der Waals surface area contributed by atoms with Gasteiger partial charge in [0.15, 0.2) is 17.4 Å². The highest BCUT2D eigenvalue weighted by molar-refractivity contribution is 6.35. The number of hydrogen-bond acceptors (Lipinski definition) is 7. The highest BCUT2D eigenvalue weighted by atomic mass is 35.5. The molecule has 2 aromatic heterocycles. The maximum Gasteiger partial charge on any atom is 0.181 e. The van der Waals surface area contributed by atoms with Crippen LogP contribution in [-0.4, -0.2) is 45.6 Å². The smallest absolute Gasteiger partial charge is 0.181 e. The zero-order chi connectivity index (χ0) is 26.1. The summed E-state index contributed by atoms with van der Waals surface area (Å²) in [5, 5.41) is 15.8. The van der Waals surface area contributed by atoms with Gasteiger partial charge in [0.2, 0.25) is 0 Å². The van der Waals surface area contributed by atoms with E-state index in [1.54, 1.807) is 18.5 Å². The maximum atomic E-state index is 13.3. The summed E-state index contributed by atoms with van der Waals surface area (Å²) in [6.45, 7) is 2.08. The van der Waals surface area contributed by atoms with E-state index in [4.69, 9.17) is 32.9 Å². The van der Waals surface area contributed by atoms with E-state index in [1.807, 2.05) is 42.5 Å². The SMILES string of the molecule is O=C(C[C@H]1COc2c(Cl)cc(Cl)cc21)c1cccc(NC2(c3nc(-c4ccncc4)n[nH]3)CCNCC2)c1. The van der Waals surface area contributed by atoms with Crippen molar-refractivity contribution >= 4 is 34.7 Å². The van der Waals surface area contributed by atoms with Gasteiger partial charge in [0, 0.05) is 52.1 Å². The molecule has 10 heteroatoms. The normalized spacial score (nSPS) is 18.0. The van der Waals surface area contributed by atoms with E-state index in [-0.39, 0.29) is 11.7 Å². The topological polar surface area (TPSA) is 105 Å². The van der Waals surface area contributed by atoms with Crippen LogP contribution in [0.1, 0.15) is 46.9 Å². The Kier molecular flexibility index (Phi) is 6.78. The molecule has 0 radical (unpaired) electrons. The molecule has 0 aliphatic carbocycles. The van der Waals surface area contributed by atoms with Crippen LogP contribution in [0.2, 0.25) is 10.0 Å². The summed E-state index contributed by atoms with van der Waals surface area (Å²) in [6.07, 6.45) is 5.39. The molecule has 0 amide bonds. The average molecular weight is 549 g/mol.